The number of benzene rings is 2. The zero-order chi connectivity index (χ0) is 14.5. The van der Waals surface area contributed by atoms with Crippen LogP contribution in [0.2, 0.25) is 0 Å². The second-order valence-corrected chi connectivity index (χ2v) is 4.31. The van der Waals surface area contributed by atoms with E-state index in [0.29, 0.717) is 28.6 Å². The molecular formula is C16H16O4. The Labute approximate surface area is 117 Å². The molecule has 0 spiro atoms. The van der Waals surface area contributed by atoms with Gasteiger partial charge in [-0.2, -0.15) is 0 Å². The fourth-order valence-corrected chi connectivity index (χ4v) is 1.86. The molecule has 0 bridgehead atoms. The predicted octanol–water partition coefficient (Wildman–Crippen LogP) is 3.62. The summed E-state index contributed by atoms with van der Waals surface area (Å²) in [6.45, 7) is 1.95. The van der Waals surface area contributed by atoms with E-state index in [2.05, 4.69) is 0 Å². The van der Waals surface area contributed by atoms with Gasteiger partial charge in [0.25, 0.3) is 0 Å². The molecule has 20 heavy (non-hydrogen) atoms. The summed E-state index contributed by atoms with van der Waals surface area (Å²) >= 11 is 0. The van der Waals surface area contributed by atoms with Gasteiger partial charge in [-0.1, -0.05) is 0 Å². The van der Waals surface area contributed by atoms with Crippen LogP contribution < -0.4 is 14.2 Å². The lowest BCUT2D eigenvalue weighted by atomic mass is 10.2. The van der Waals surface area contributed by atoms with Crippen LogP contribution in [0.25, 0.3) is 0 Å². The molecule has 0 atom stereocenters. The highest BCUT2D eigenvalue weighted by molar-refractivity contribution is 5.80. The van der Waals surface area contributed by atoms with E-state index in [9.17, 15) is 4.79 Å². The largest absolute Gasteiger partial charge is 0.497 e. The third-order valence-electron chi connectivity index (χ3n) is 2.83. The van der Waals surface area contributed by atoms with E-state index in [-0.39, 0.29) is 0 Å². The predicted molar refractivity (Wildman–Crippen MR) is 76.2 cm³/mol. The molecule has 0 aromatic heterocycles. The Hall–Kier alpha value is -2.49. The highest BCUT2D eigenvalue weighted by atomic mass is 16.5. The van der Waals surface area contributed by atoms with Gasteiger partial charge in [-0.25, -0.2) is 0 Å². The molecule has 4 nitrogen and oxygen atoms in total. The van der Waals surface area contributed by atoms with Crippen LogP contribution in [0.4, 0.5) is 0 Å². The van der Waals surface area contributed by atoms with Gasteiger partial charge in [-0.05, 0) is 42.8 Å². The van der Waals surface area contributed by atoms with Crippen LogP contribution >= 0.6 is 0 Å². The molecule has 0 aliphatic rings. The second kappa shape index (κ2) is 6.10. The van der Waals surface area contributed by atoms with Crippen molar-refractivity contribution in [3.8, 4) is 23.0 Å². The van der Waals surface area contributed by atoms with Gasteiger partial charge in [0.15, 0.2) is 6.29 Å². The Balaban J connectivity index is 2.34. The smallest absolute Gasteiger partial charge is 0.153 e. The first-order valence-corrected chi connectivity index (χ1v) is 6.13. The number of hydrogen-bond acceptors (Lipinski definition) is 4. The number of methoxy groups -OCH3 is 2. The fourth-order valence-electron chi connectivity index (χ4n) is 1.86. The Bertz CT molecular complexity index is 620. The van der Waals surface area contributed by atoms with E-state index in [1.54, 1.807) is 38.5 Å². The molecule has 0 aliphatic carbocycles. The minimum absolute atomic E-state index is 0.435. The van der Waals surface area contributed by atoms with E-state index in [4.69, 9.17) is 14.2 Å². The Kier molecular flexibility index (Phi) is 4.25. The van der Waals surface area contributed by atoms with Gasteiger partial charge < -0.3 is 14.2 Å². The molecule has 2 aromatic rings. The molecule has 0 heterocycles. The Morgan fingerprint density at radius 1 is 0.900 bits per heavy atom. The van der Waals surface area contributed by atoms with Crippen molar-refractivity contribution in [2.24, 2.45) is 0 Å². The Morgan fingerprint density at radius 3 is 2.25 bits per heavy atom. The molecule has 0 fully saturated rings. The van der Waals surface area contributed by atoms with Gasteiger partial charge in [0.2, 0.25) is 0 Å². The molecule has 0 amide bonds. The summed E-state index contributed by atoms with van der Waals surface area (Å²) < 4.78 is 16.0. The van der Waals surface area contributed by atoms with E-state index < -0.39 is 0 Å². The third kappa shape index (κ3) is 3.09. The van der Waals surface area contributed by atoms with Crippen LogP contribution in [0.15, 0.2) is 36.4 Å². The molecule has 4 heteroatoms. The van der Waals surface area contributed by atoms with E-state index in [1.165, 1.54) is 0 Å². The van der Waals surface area contributed by atoms with E-state index >= 15 is 0 Å². The maximum atomic E-state index is 11.1. The van der Waals surface area contributed by atoms with Gasteiger partial charge >= 0.3 is 0 Å². The first-order chi connectivity index (χ1) is 9.66. The molecule has 0 saturated heterocycles. The van der Waals surface area contributed by atoms with Crippen LogP contribution in [0.1, 0.15) is 15.9 Å². The lowest BCUT2D eigenvalue weighted by Crippen LogP contribution is -1.93. The van der Waals surface area contributed by atoms with Crippen molar-refractivity contribution < 1.29 is 19.0 Å². The summed E-state index contributed by atoms with van der Waals surface area (Å²) in [6.07, 6.45) is 0.741. The van der Waals surface area contributed by atoms with E-state index in [0.717, 1.165) is 11.8 Å². The van der Waals surface area contributed by atoms with Gasteiger partial charge in [0, 0.05) is 6.07 Å². The number of carbonyl (C=O) groups is 1. The van der Waals surface area contributed by atoms with Crippen molar-refractivity contribution in [2.75, 3.05) is 14.2 Å². The van der Waals surface area contributed by atoms with Gasteiger partial charge in [0.05, 0.1) is 19.8 Å². The number of aryl methyl sites for hydroxylation is 1. The van der Waals surface area contributed by atoms with Gasteiger partial charge in [0.1, 0.15) is 23.0 Å². The zero-order valence-corrected chi connectivity index (χ0v) is 11.7. The number of aldehydes is 1. The molecule has 0 unspecified atom stereocenters. The standard InChI is InChI=1S/C16H16O4/c1-11-6-14(19-3)9-15(7-11)20-16-5-4-13(18-2)8-12(16)10-17/h4-10H,1-3H3. The lowest BCUT2D eigenvalue weighted by molar-refractivity contribution is 0.112. The highest BCUT2D eigenvalue weighted by Gasteiger charge is 2.07. The van der Waals surface area contributed by atoms with Crippen molar-refractivity contribution in [3.63, 3.8) is 0 Å². The summed E-state index contributed by atoms with van der Waals surface area (Å²) in [5.74, 6) is 2.42. The minimum atomic E-state index is 0.435. The molecule has 0 saturated carbocycles. The van der Waals surface area contributed by atoms with Crippen LogP contribution in [0.3, 0.4) is 0 Å². The first kappa shape index (κ1) is 13.9. The highest BCUT2D eigenvalue weighted by Crippen LogP contribution is 2.30. The molecule has 0 N–H and O–H groups in total. The van der Waals surface area contributed by atoms with Crippen molar-refractivity contribution in [2.45, 2.75) is 6.92 Å². The molecule has 0 radical (unpaired) electrons. The van der Waals surface area contributed by atoms with E-state index in [1.807, 2.05) is 19.1 Å². The summed E-state index contributed by atoms with van der Waals surface area (Å²) in [5, 5.41) is 0. The quantitative estimate of drug-likeness (QED) is 0.780. The maximum Gasteiger partial charge on any atom is 0.153 e. The normalized spacial score (nSPS) is 9.95. The monoisotopic (exact) mass is 272 g/mol. The van der Waals surface area contributed by atoms with Crippen LogP contribution in [-0.2, 0) is 0 Å². The van der Waals surface area contributed by atoms with Crippen LogP contribution in [0, 0.1) is 6.92 Å². The van der Waals surface area contributed by atoms with Crippen LogP contribution in [-0.4, -0.2) is 20.5 Å². The molecule has 104 valence electrons. The fraction of sp³-hybridized carbons (Fsp3) is 0.188. The summed E-state index contributed by atoms with van der Waals surface area (Å²) in [7, 11) is 3.15. The van der Waals surface area contributed by atoms with Crippen molar-refractivity contribution in [3.05, 3.63) is 47.5 Å². The van der Waals surface area contributed by atoms with Gasteiger partial charge in [-0.3, -0.25) is 4.79 Å². The molecule has 2 rings (SSSR count). The number of carbonyl (C=O) groups excluding carboxylic acids is 1. The van der Waals surface area contributed by atoms with Gasteiger partial charge in [-0.15, -0.1) is 0 Å². The SMILES string of the molecule is COc1cc(C)cc(Oc2ccc(OC)cc2C=O)c1. The average molecular weight is 272 g/mol. The van der Waals surface area contributed by atoms with Crippen LogP contribution in [0.5, 0.6) is 23.0 Å². The maximum absolute atomic E-state index is 11.1. The molecular weight excluding hydrogens is 256 g/mol. The summed E-state index contributed by atoms with van der Waals surface area (Å²) in [6, 6.07) is 10.6. The zero-order valence-electron chi connectivity index (χ0n) is 11.7. The average Bonchev–Trinajstić information content (AvgIpc) is 2.47. The molecule has 0 aliphatic heterocycles. The number of ether oxygens (including phenoxy) is 3. The van der Waals surface area contributed by atoms with Crippen molar-refractivity contribution >= 4 is 6.29 Å². The topological polar surface area (TPSA) is 44.8 Å². The second-order valence-electron chi connectivity index (χ2n) is 4.31. The van der Waals surface area contributed by atoms with Crippen molar-refractivity contribution in [1.29, 1.82) is 0 Å². The summed E-state index contributed by atoms with van der Waals surface area (Å²) in [4.78, 5) is 11.1. The summed E-state index contributed by atoms with van der Waals surface area (Å²) in [5.41, 5.74) is 1.45. The number of rotatable bonds is 5. The minimum Gasteiger partial charge on any atom is -0.497 e. The first-order valence-electron chi connectivity index (χ1n) is 6.13. The Morgan fingerprint density at radius 2 is 1.60 bits per heavy atom. The van der Waals surface area contributed by atoms with Crippen molar-refractivity contribution in [1.82, 2.24) is 0 Å². The lowest BCUT2D eigenvalue weighted by Gasteiger charge is -2.11. The molecule has 2 aromatic carbocycles. The number of hydrogen-bond donors (Lipinski definition) is 0. The third-order valence-corrected chi connectivity index (χ3v) is 2.83.